The third kappa shape index (κ3) is 2.31. The first-order valence-electron chi connectivity index (χ1n) is 6.70. The van der Waals surface area contributed by atoms with Gasteiger partial charge in [0, 0.05) is 0 Å². The smallest absolute Gasteiger partial charge is 0.341 e. The van der Waals surface area contributed by atoms with Crippen molar-refractivity contribution in [2.75, 3.05) is 7.11 Å². The van der Waals surface area contributed by atoms with Gasteiger partial charge in [-0.05, 0) is 25.1 Å². The van der Waals surface area contributed by atoms with Crippen molar-refractivity contribution in [2.45, 2.75) is 18.4 Å². The average Bonchev–Trinajstić information content (AvgIpc) is 2.99. The average molecular weight is 335 g/mol. The first kappa shape index (κ1) is 15.3. The van der Waals surface area contributed by atoms with Crippen molar-refractivity contribution >= 4 is 21.9 Å². The third-order valence-electron chi connectivity index (χ3n) is 3.59. The molecule has 0 saturated heterocycles. The Labute approximate surface area is 132 Å². The van der Waals surface area contributed by atoms with E-state index < -0.39 is 21.9 Å². The van der Waals surface area contributed by atoms with E-state index in [2.05, 4.69) is 4.74 Å². The molecule has 0 N–H and O–H groups in total. The van der Waals surface area contributed by atoms with E-state index in [1.807, 2.05) is 0 Å². The van der Waals surface area contributed by atoms with Crippen LogP contribution < -0.4 is 0 Å². The molecule has 0 saturated carbocycles. The Balaban J connectivity index is 1.96. The Hall–Kier alpha value is -2.61. The summed E-state index contributed by atoms with van der Waals surface area (Å²) in [4.78, 5) is 23.9. The number of furan rings is 1. The molecule has 2 heterocycles. The van der Waals surface area contributed by atoms with Crippen LogP contribution in [-0.2, 0) is 21.3 Å². The maximum atomic E-state index is 12.5. The number of aryl methyl sites for hydroxylation is 1. The van der Waals surface area contributed by atoms with Crippen LogP contribution in [0.1, 0.15) is 32.2 Å². The minimum Gasteiger partial charge on any atom is -0.465 e. The van der Waals surface area contributed by atoms with Crippen molar-refractivity contribution in [3.8, 4) is 0 Å². The van der Waals surface area contributed by atoms with Crippen molar-refractivity contribution in [3.05, 3.63) is 53.0 Å². The normalized spacial score (nSPS) is 15.6. The van der Waals surface area contributed by atoms with E-state index in [1.165, 1.54) is 25.3 Å². The molecule has 1 amide bonds. The molecule has 0 fully saturated rings. The number of benzene rings is 1. The Morgan fingerprint density at radius 2 is 2.00 bits per heavy atom. The zero-order valence-corrected chi connectivity index (χ0v) is 13.2. The molecule has 8 heteroatoms. The standard InChI is InChI=1S/C15H13NO6S/c1-9-12(15(18)21-2)7-10(22-9)8-16-14(17)11-5-3-4-6-13(11)23(16,19)20/h3-7H,8H2,1-2H3. The number of carbonyl (C=O) groups is 2. The summed E-state index contributed by atoms with van der Waals surface area (Å²) in [6.45, 7) is 1.28. The van der Waals surface area contributed by atoms with Gasteiger partial charge in [0.25, 0.3) is 15.9 Å². The van der Waals surface area contributed by atoms with E-state index in [-0.39, 0.29) is 28.3 Å². The Bertz CT molecular complexity index is 912. The number of nitrogens with zero attached hydrogens (tertiary/aromatic N) is 1. The minimum atomic E-state index is -3.92. The monoisotopic (exact) mass is 335 g/mol. The molecule has 0 spiro atoms. The molecule has 1 aromatic carbocycles. The second-order valence-corrected chi connectivity index (χ2v) is 6.82. The lowest BCUT2D eigenvalue weighted by atomic mass is 10.2. The molecular formula is C15H13NO6S. The van der Waals surface area contributed by atoms with Gasteiger partial charge in [0.2, 0.25) is 0 Å². The van der Waals surface area contributed by atoms with Gasteiger partial charge in [-0.3, -0.25) is 4.79 Å². The molecular weight excluding hydrogens is 322 g/mol. The van der Waals surface area contributed by atoms with Crippen molar-refractivity contribution in [2.24, 2.45) is 0 Å². The molecule has 0 radical (unpaired) electrons. The van der Waals surface area contributed by atoms with Crippen LogP contribution in [-0.4, -0.2) is 31.7 Å². The fourth-order valence-corrected chi connectivity index (χ4v) is 4.00. The van der Waals surface area contributed by atoms with Crippen LogP contribution >= 0.6 is 0 Å². The lowest BCUT2D eigenvalue weighted by Crippen LogP contribution is -2.29. The van der Waals surface area contributed by atoms with Crippen LogP contribution in [0.15, 0.2) is 39.6 Å². The molecule has 0 aliphatic carbocycles. The molecule has 23 heavy (non-hydrogen) atoms. The van der Waals surface area contributed by atoms with Crippen molar-refractivity contribution < 1.29 is 27.2 Å². The maximum Gasteiger partial charge on any atom is 0.341 e. The molecule has 120 valence electrons. The van der Waals surface area contributed by atoms with Gasteiger partial charge in [-0.2, -0.15) is 0 Å². The molecule has 1 aromatic heterocycles. The summed E-state index contributed by atoms with van der Waals surface area (Å²) >= 11 is 0. The molecule has 1 aliphatic rings. The maximum absolute atomic E-state index is 12.5. The van der Waals surface area contributed by atoms with Gasteiger partial charge >= 0.3 is 5.97 Å². The number of hydrogen-bond donors (Lipinski definition) is 0. The number of methoxy groups -OCH3 is 1. The summed E-state index contributed by atoms with van der Waals surface area (Å²) in [6.07, 6.45) is 0. The summed E-state index contributed by atoms with van der Waals surface area (Å²) in [5, 5.41) is 0. The number of sulfonamides is 1. The number of carbonyl (C=O) groups excluding carboxylic acids is 2. The Kier molecular flexibility index (Phi) is 3.48. The first-order valence-corrected chi connectivity index (χ1v) is 8.14. The highest BCUT2D eigenvalue weighted by molar-refractivity contribution is 7.90. The van der Waals surface area contributed by atoms with E-state index >= 15 is 0 Å². The fourth-order valence-electron chi connectivity index (χ4n) is 2.46. The van der Waals surface area contributed by atoms with E-state index in [0.717, 1.165) is 4.31 Å². The number of amides is 1. The van der Waals surface area contributed by atoms with Gasteiger partial charge < -0.3 is 9.15 Å². The first-order chi connectivity index (χ1) is 10.9. The molecule has 2 aromatic rings. The number of rotatable bonds is 3. The van der Waals surface area contributed by atoms with Crippen LogP contribution in [0.25, 0.3) is 0 Å². The highest BCUT2D eigenvalue weighted by Crippen LogP contribution is 2.31. The Morgan fingerprint density at radius 3 is 2.65 bits per heavy atom. The number of esters is 1. The topological polar surface area (TPSA) is 93.9 Å². The lowest BCUT2D eigenvalue weighted by Gasteiger charge is -2.13. The van der Waals surface area contributed by atoms with Gasteiger partial charge in [0.05, 0.1) is 19.2 Å². The van der Waals surface area contributed by atoms with Crippen LogP contribution in [0.5, 0.6) is 0 Å². The minimum absolute atomic E-state index is 0.0264. The van der Waals surface area contributed by atoms with Crippen molar-refractivity contribution in [1.29, 1.82) is 0 Å². The van der Waals surface area contributed by atoms with E-state index in [1.54, 1.807) is 19.1 Å². The fraction of sp³-hybridized carbons (Fsp3) is 0.200. The summed E-state index contributed by atoms with van der Waals surface area (Å²) in [5.74, 6) is -0.716. The summed E-state index contributed by atoms with van der Waals surface area (Å²) in [5.41, 5.74) is 0.327. The van der Waals surface area contributed by atoms with Gasteiger partial charge in [-0.1, -0.05) is 12.1 Å². The number of hydrogen-bond acceptors (Lipinski definition) is 6. The molecule has 7 nitrogen and oxygen atoms in total. The van der Waals surface area contributed by atoms with Crippen molar-refractivity contribution in [1.82, 2.24) is 4.31 Å². The van der Waals surface area contributed by atoms with Crippen LogP contribution in [0.3, 0.4) is 0 Å². The van der Waals surface area contributed by atoms with Gasteiger partial charge in [0.1, 0.15) is 22.0 Å². The quantitative estimate of drug-likeness (QED) is 0.793. The van der Waals surface area contributed by atoms with Crippen LogP contribution in [0.2, 0.25) is 0 Å². The zero-order valence-electron chi connectivity index (χ0n) is 12.4. The summed E-state index contributed by atoms with van der Waals surface area (Å²) in [6, 6.07) is 7.38. The van der Waals surface area contributed by atoms with Gasteiger partial charge in [0.15, 0.2) is 0 Å². The largest absolute Gasteiger partial charge is 0.465 e. The van der Waals surface area contributed by atoms with Crippen LogP contribution in [0, 0.1) is 6.92 Å². The molecule has 0 bridgehead atoms. The summed E-state index contributed by atoms with van der Waals surface area (Å²) < 4.78 is 35.6. The van der Waals surface area contributed by atoms with Gasteiger partial charge in [-0.25, -0.2) is 17.5 Å². The van der Waals surface area contributed by atoms with Crippen LogP contribution in [0.4, 0.5) is 0 Å². The predicted octanol–water partition coefficient (Wildman–Crippen LogP) is 1.72. The molecule has 0 atom stereocenters. The Morgan fingerprint density at radius 1 is 1.30 bits per heavy atom. The summed E-state index contributed by atoms with van der Waals surface area (Å²) in [7, 11) is -2.68. The molecule has 1 aliphatic heterocycles. The predicted molar refractivity (Wildman–Crippen MR) is 78.3 cm³/mol. The second-order valence-electron chi connectivity index (χ2n) is 4.99. The van der Waals surface area contributed by atoms with E-state index in [4.69, 9.17) is 4.42 Å². The highest BCUT2D eigenvalue weighted by atomic mass is 32.2. The zero-order chi connectivity index (χ0) is 16.8. The SMILES string of the molecule is COC(=O)c1cc(CN2C(=O)c3ccccc3S2(=O)=O)oc1C. The van der Waals surface area contributed by atoms with Gasteiger partial charge in [-0.15, -0.1) is 0 Å². The lowest BCUT2D eigenvalue weighted by molar-refractivity contribution is 0.0598. The highest BCUT2D eigenvalue weighted by Gasteiger charge is 2.41. The van der Waals surface area contributed by atoms with E-state index in [0.29, 0.717) is 5.76 Å². The van der Waals surface area contributed by atoms with E-state index in [9.17, 15) is 18.0 Å². The second kappa shape index (κ2) is 5.24. The number of ether oxygens (including phenoxy) is 1. The molecule has 0 unspecified atom stereocenters. The number of fused-ring (bicyclic) bond motifs is 1. The third-order valence-corrected chi connectivity index (χ3v) is 5.37. The molecule has 3 rings (SSSR count). The van der Waals surface area contributed by atoms with Crippen molar-refractivity contribution in [3.63, 3.8) is 0 Å².